The summed E-state index contributed by atoms with van der Waals surface area (Å²) in [6, 6.07) is 13.1. The third-order valence-electron chi connectivity index (χ3n) is 5.71. The highest BCUT2D eigenvalue weighted by atomic mass is 32.2. The molecule has 0 aliphatic carbocycles. The predicted octanol–water partition coefficient (Wildman–Crippen LogP) is 3.09. The van der Waals surface area contributed by atoms with Crippen LogP contribution in [0.2, 0.25) is 0 Å². The number of amides is 1. The molecule has 35 heavy (non-hydrogen) atoms. The van der Waals surface area contributed by atoms with E-state index in [1.165, 1.54) is 67.5 Å². The van der Waals surface area contributed by atoms with Gasteiger partial charge >= 0.3 is 0 Å². The molecule has 1 aliphatic rings. The summed E-state index contributed by atoms with van der Waals surface area (Å²) < 4.78 is 39.4. The quantitative estimate of drug-likeness (QED) is 0.320. The van der Waals surface area contributed by atoms with E-state index in [-0.39, 0.29) is 22.6 Å². The van der Waals surface area contributed by atoms with E-state index in [2.05, 4.69) is 4.98 Å². The molecule has 1 unspecified atom stereocenters. The Labute approximate surface area is 202 Å². The summed E-state index contributed by atoms with van der Waals surface area (Å²) in [4.78, 5) is 31.4. The minimum absolute atomic E-state index is 0.00571. The number of likely N-dealkylation sites (tertiary alicyclic amines) is 1. The second kappa shape index (κ2) is 9.40. The van der Waals surface area contributed by atoms with Crippen molar-refractivity contribution in [1.29, 1.82) is 0 Å². The molecule has 180 valence electrons. The highest BCUT2D eigenvalue weighted by Gasteiger charge is 2.46. The van der Waals surface area contributed by atoms with E-state index >= 15 is 0 Å². The van der Waals surface area contributed by atoms with Gasteiger partial charge in [0, 0.05) is 38.6 Å². The molecule has 1 saturated heterocycles. The largest absolute Gasteiger partial charge is 0.507 e. The monoisotopic (exact) mass is 495 g/mol. The summed E-state index contributed by atoms with van der Waals surface area (Å²) in [6.07, 6.45) is 3.14. The van der Waals surface area contributed by atoms with Crippen molar-refractivity contribution < 1.29 is 27.5 Å². The van der Waals surface area contributed by atoms with Crippen molar-refractivity contribution in [3.8, 4) is 0 Å². The second-order valence-corrected chi connectivity index (χ2v) is 10.3. The van der Waals surface area contributed by atoms with Gasteiger partial charge in [-0.2, -0.15) is 0 Å². The van der Waals surface area contributed by atoms with Crippen LogP contribution in [0.3, 0.4) is 0 Å². The average molecular weight is 496 g/mol. The lowest BCUT2D eigenvalue weighted by Gasteiger charge is -2.25. The number of aliphatic hydroxyl groups is 1. The van der Waals surface area contributed by atoms with E-state index in [0.717, 1.165) is 4.31 Å². The normalized spacial score (nSPS) is 17.8. The number of sulfonamides is 1. The maximum Gasteiger partial charge on any atom is 0.295 e. The summed E-state index contributed by atoms with van der Waals surface area (Å²) in [6.45, 7) is 0.0389. The van der Waals surface area contributed by atoms with E-state index in [0.29, 0.717) is 11.1 Å². The lowest BCUT2D eigenvalue weighted by Crippen LogP contribution is -2.29. The number of hydrogen-bond donors (Lipinski definition) is 1. The number of halogens is 1. The molecule has 1 aliphatic heterocycles. The van der Waals surface area contributed by atoms with Crippen molar-refractivity contribution in [2.24, 2.45) is 0 Å². The molecule has 0 radical (unpaired) electrons. The van der Waals surface area contributed by atoms with Crippen molar-refractivity contribution in [1.82, 2.24) is 14.2 Å². The molecule has 3 aromatic rings. The molecule has 4 rings (SSSR count). The van der Waals surface area contributed by atoms with Crippen LogP contribution in [0.25, 0.3) is 5.76 Å². The first-order valence-corrected chi connectivity index (χ1v) is 12.0. The zero-order chi connectivity index (χ0) is 25.3. The van der Waals surface area contributed by atoms with Crippen LogP contribution in [0.1, 0.15) is 22.7 Å². The number of aliphatic hydroxyl groups excluding tert-OH is 1. The van der Waals surface area contributed by atoms with Gasteiger partial charge in [0.25, 0.3) is 11.7 Å². The third-order valence-corrected chi connectivity index (χ3v) is 7.54. The van der Waals surface area contributed by atoms with Crippen molar-refractivity contribution in [2.45, 2.75) is 17.5 Å². The Hall–Kier alpha value is -3.89. The molecule has 1 amide bonds. The number of aromatic nitrogens is 1. The highest BCUT2D eigenvalue weighted by molar-refractivity contribution is 7.89. The molecule has 1 atom stereocenters. The number of hydrogen-bond acceptors (Lipinski definition) is 6. The van der Waals surface area contributed by atoms with Crippen molar-refractivity contribution >= 4 is 27.5 Å². The number of ketones is 1. The van der Waals surface area contributed by atoms with Crippen LogP contribution in [0.5, 0.6) is 0 Å². The van der Waals surface area contributed by atoms with Crippen molar-refractivity contribution in [2.75, 3.05) is 14.1 Å². The van der Waals surface area contributed by atoms with E-state index < -0.39 is 39.3 Å². The Morgan fingerprint density at radius 3 is 2.29 bits per heavy atom. The fourth-order valence-corrected chi connectivity index (χ4v) is 4.78. The first-order valence-electron chi connectivity index (χ1n) is 10.6. The van der Waals surface area contributed by atoms with E-state index in [4.69, 9.17) is 0 Å². The average Bonchev–Trinajstić information content (AvgIpc) is 3.09. The van der Waals surface area contributed by atoms with E-state index in [1.54, 1.807) is 24.5 Å². The van der Waals surface area contributed by atoms with Crippen LogP contribution in [-0.4, -0.2) is 53.5 Å². The molecule has 0 spiro atoms. The minimum atomic E-state index is -3.69. The second-order valence-electron chi connectivity index (χ2n) is 8.15. The maximum absolute atomic E-state index is 13.6. The van der Waals surface area contributed by atoms with Crippen LogP contribution in [0, 0.1) is 5.82 Å². The zero-order valence-corrected chi connectivity index (χ0v) is 19.7. The smallest absolute Gasteiger partial charge is 0.295 e. The molecule has 1 aromatic heterocycles. The Morgan fingerprint density at radius 1 is 1.06 bits per heavy atom. The van der Waals surface area contributed by atoms with E-state index in [1.807, 2.05) is 0 Å². The molecule has 10 heteroatoms. The number of nitrogens with zero attached hydrogens (tertiary/aromatic N) is 3. The predicted molar refractivity (Wildman–Crippen MR) is 126 cm³/mol. The van der Waals surface area contributed by atoms with E-state index in [9.17, 15) is 27.5 Å². The van der Waals surface area contributed by atoms with Gasteiger partial charge in [0.2, 0.25) is 10.0 Å². The van der Waals surface area contributed by atoms with Gasteiger partial charge in [-0.1, -0.05) is 18.2 Å². The molecular formula is C25H22FN3O5S. The summed E-state index contributed by atoms with van der Waals surface area (Å²) in [5, 5.41) is 11.1. The SMILES string of the molecule is CN(C)S(=O)(=O)c1ccc(/C(O)=C2/C(=O)C(=O)N(Cc3cccnc3)C2c2ccc(F)cc2)cc1. The molecule has 1 N–H and O–H groups in total. The Kier molecular flexibility index (Phi) is 6.51. The van der Waals surface area contributed by atoms with Gasteiger partial charge in [-0.25, -0.2) is 17.1 Å². The van der Waals surface area contributed by atoms with Crippen molar-refractivity contribution in [3.05, 3.63) is 101 Å². The van der Waals surface area contributed by atoms with Gasteiger partial charge in [-0.3, -0.25) is 14.6 Å². The third kappa shape index (κ3) is 4.58. The van der Waals surface area contributed by atoms with Gasteiger partial charge in [-0.15, -0.1) is 0 Å². The molecule has 2 heterocycles. The zero-order valence-electron chi connectivity index (χ0n) is 18.9. The topological polar surface area (TPSA) is 108 Å². The van der Waals surface area contributed by atoms with Crippen LogP contribution < -0.4 is 0 Å². The summed E-state index contributed by atoms with van der Waals surface area (Å²) in [5.41, 5.74) is 1.09. The van der Waals surface area contributed by atoms with Gasteiger partial charge in [0.15, 0.2) is 0 Å². The number of rotatable bonds is 6. The summed E-state index contributed by atoms with van der Waals surface area (Å²) in [5.74, 6) is -2.67. The standard InChI is InChI=1S/C25H22FN3O5S/c1-28(2)35(33,34)20-11-7-18(8-12-20)23(30)21-22(17-5-9-19(26)10-6-17)29(25(32)24(21)31)15-16-4-3-13-27-14-16/h3-14,22,30H,15H2,1-2H3/b23-21-. The van der Waals surface area contributed by atoms with Crippen LogP contribution in [0.15, 0.2) is 83.5 Å². The molecule has 8 nitrogen and oxygen atoms in total. The minimum Gasteiger partial charge on any atom is -0.507 e. The van der Waals surface area contributed by atoms with Gasteiger partial charge < -0.3 is 10.0 Å². The lowest BCUT2D eigenvalue weighted by atomic mass is 9.95. The fourth-order valence-electron chi connectivity index (χ4n) is 3.87. The Bertz CT molecular complexity index is 1400. The van der Waals surface area contributed by atoms with Crippen LogP contribution in [-0.2, 0) is 26.2 Å². The lowest BCUT2D eigenvalue weighted by molar-refractivity contribution is -0.140. The Morgan fingerprint density at radius 2 is 1.71 bits per heavy atom. The fraction of sp³-hybridized carbons (Fsp3) is 0.160. The maximum atomic E-state index is 13.6. The summed E-state index contributed by atoms with van der Waals surface area (Å²) >= 11 is 0. The first-order chi connectivity index (χ1) is 16.6. The van der Waals surface area contributed by atoms with Crippen molar-refractivity contribution in [3.63, 3.8) is 0 Å². The number of benzene rings is 2. The number of Topliss-reactive ketones (excluding diaryl/α,β-unsaturated/α-hetero) is 1. The Balaban J connectivity index is 1.82. The summed E-state index contributed by atoms with van der Waals surface area (Å²) in [7, 11) is -0.897. The molecule has 1 fully saturated rings. The van der Waals surface area contributed by atoms with Crippen LogP contribution >= 0.6 is 0 Å². The molecule has 2 aromatic carbocycles. The van der Waals surface area contributed by atoms with Gasteiger partial charge in [0.05, 0.1) is 16.5 Å². The van der Waals surface area contributed by atoms with Gasteiger partial charge in [-0.05, 0) is 53.6 Å². The van der Waals surface area contributed by atoms with Crippen LogP contribution in [0.4, 0.5) is 4.39 Å². The van der Waals surface area contributed by atoms with Gasteiger partial charge in [0.1, 0.15) is 11.6 Å². The number of pyridine rings is 1. The molecular weight excluding hydrogens is 473 g/mol. The number of carbonyl (C=O) groups is 2. The molecule has 0 saturated carbocycles. The highest BCUT2D eigenvalue weighted by Crippen LogP contribution is 2.40. The number of carbonyl (C=O) groups excluding carboxylic acids is 2. The molecule has 0 bridgehead atoms. The first kappa shape index (κ1) is 24.2.